The van der Waals surface area contributed by atoms with E-state index in [-0.39, 0.29) is 22.2 Å². The van der Waals surface area contributed by atoms with Gasteiger partial charge in [-0.25, -0.2) is 4.39 Å². The van der Waals surface area contributed by atoms with Crippen LogP contribution in [0.4, 0.5) is 4.39 Å². The molecule has 1 rings (SSSR count). The zero-order chi connectivity index (χ0) is 10.7. The van der Waals surface area contributed by atoms with Crippen LogP contribution in [0.3, 0.4) is 0 Å². The van der Waals surface area contributed by atoms with Gasteiger partial charge in [0.25, 0.3) is 0 Å². The fourth-order valence-corrected chi connectivity index (χ4v) is 1.42. The first-order valence-electron chi connectivity index (χ1n) is 3.72. The van der Waals surface area contributed by atoms with Crippen molar-refractivity contribution in [1.29, 1.82) is 0 Å². The molecule has 0 unspecified atom stereocenters. The lowest BCUT2D eigenvalue weighted by atomic mass is 10.1. The number of halogens is 3. The number of hydrogen-bond acceptors (Lipinski definition) is 2. The van der Waals surface area contributed by atoms with E-state index in [9.17, 15) is 9.18 Å². The van der Waals surface area contributed by atoms with Crippen molar-refractivity contribution in [1.82, 2.24) is 0 Å². The van der Waals surface area contributed by atoms with Crippen LogP contribution in [0.5, 0.6) is 5.75 Å². The summed E-state index contributed by atoms with van der Waals surface area (Å²) in [5.74, 6) is -1.14. The van der Waals surface area contributed by atoms with E-state index in [1.165, 1.54) is 7.11 Å². The van der Waals surface area contributed by atoms with Crippen LogP contribution in [-0.2, 0) is 0 Å². The molecule has 0 heterocycles. The maximum Gasteiger partial charge on any atom is 0.179 e. The van der Waals surface area contributed by atoms with E-state index in [1.54, 1.807) is 0 Å². The van der Waals surface area contributed by atoms with Gasteiger partial charge in [-0.2, -0.15) is 0 Å². The molecule has 0 fully saturated rings. The summed E-state index contributed by atoms with van der Waals surface area (Å²) in [7, 11) is 1.34. The summed E-state index contributed by atoms with van der Waals surface area (Å²) in [6.07, 6.45) is 0. The number of carbonyl (C=O) groups is 1. The van der Waals surface area contributed by atoms with E-state index >= 15 is 0 Å². The van der Waals surface area contributed by atoms with Gasteiger partial charge in [0, 0.05) is 11.6 Å². The molecule has 2 nitrogen and oxygen atoms in total. The number of ether oxygens (including phenoxy) is 1. The van der Waals surface area contributed by atoms with Crippen LogP contribution >= 0.6 is 23.2 Å². The number of hydrogen-bond donors (Lipinski definition) is 0. The van der Waals surface area contributed by atoms with Crippen molar-refractivity contribution >= 4 is 29.0 Å². The summed E-state index contributed by atoms with van der Waals surface area (Å²) in [4.78, 5) is 11.2. The van der Waals surface area contributed by atoms with Gasteiger partial charge in [-0.05, 0) is 6.07 Å². The van der Waals surface area contributed by atoms with Crippen molar-refractivity contribution in [2.75, 3.05) is 13.0 Å². The molecule has 0 amide bonds. The quantitative estimate of drug-likeness (QED) is 0.596. The van der Waals surface area contributed by atoms with Crippen molar-refractivity contribution in [2.45, 2.75) is 0 Å². The maximum atomic E-state index is 13.0. The molecule has 0 aromatic heterocycles. The molecule has 1 aromatic rings. The Labute approximate surface area is 90.6 Å². The van der Waals surface area contributed by atoms with Crippen molar-refractivity contribution in [3.63, 3.8) is 0 Å². The van der Waals surface area contributed by atoms with Crippen LogP contribution in [0.15, 0.2) is 12.1 Å². The molecular weight excluding hydrogens is 230 g/mol. The lowest BCUT2D eigenvalue weighted by Gasteiger charge is -2.06. The van der Waals surface area contributed by atoms with E-state index in [0.717, 1.165) is 12.1 Å². The van der Waals surface area contributed by atoms with Gasteiger partial charge >= 0.3 is 0 Å². The third-order valence-corrected chi connectivity index (χ3v) is 2.28. The summed E-state index contributed by atoms with van der Waals surface area (Å²) < 4.78 is 17.8. The fraction of sp³-hybridized carbons (Fsp3) is 0.222. The average molecular weight is 237 g/mol. The molecule has 76 valence electrons. The highest BCUT2D eigenvalue weighted by Crippen LogP contribution is 2.29. The van der Waals surface area contributed by atoms with Crippen molar-refractivity contribution in [2.24, 2.45) is 0 Å². The Morgan fingerprint density at radius 2 is 2.21 bits per heavy atom. The van der Waals surface area contributed by atoms with Crippen LogP contribution in [-0.4, -0.2) is 18.8 Å². The molecule has 14 heavy (non-hydrogen) atoms. The zero-order valence-electron chi connectivity index (χ0n) is 7.31. The van der Waals surface area contributed by atoms with E-state index < -0.39 is 11.6 Å². The van der Waals surface area contributed by atoms with Crippen LogP contribution in [0.25, 0.3) is 0 Å². The fourth-order valence-electron chi connectivity index (χ4n) is 0.988. The molecule has 0 aliphatic rings. The van der Waals surface area contributed by atoms with Gasteiger partial charge in [-0.15, -0.1) is 11.6 Å². The Balaban J connectivity index is 3.29. The molecule has 0 spiro atoms. The van der Waals surface area contributed by atoms with E-state index in [2.05, 4.69) is 0 Å². The van der Waals surface area contributed by atoms with Crippen LogP contribution < -0.4 is 4.74 Å². The number of carbonyl (C=O) groups excluding carboxylic acids is 1. The molecule has 1 aromatic carbocycles. The predicted octanol–water partition coefficient (Wildman–Crippen LogP) is 2.91. The lowest BCUT2D eigenvalue weighted by molar-refractivity contribution is 0.102. The van der Waals surface area contributed by atoms with E-state index in [4.69, 9.17) is 27.9 Å². The first-order chi connectivity index (χ1) is 6.60. The Hall–Kier alpha value is -0.800. The molecule has 0 saturated heterocycles. The molecule has 0 aliphatic carbocycles. The molecular formula is C9H7Cl2FO2. The molecule has 5 heteroatoms. The van der Waals surface area contributed by atoms with E-state index in [1.807, 2.05) is 0 Å². The topological polar surface area (TPSA) is 26.3 Å². The maximum absolute atomic E-state index is 13.0. The third-order valence-electron chi connectivity index (χ3n) is 1.65. The Morgan fingerprint density at radius 3 is 2.71 bits per heavy atom. The van der Waals surface area contributed by atoms with Crippen molar-refractivity contribution < 1.29 is 13.9 Å². The standard InChI is InChI=1S/C9H7Cl2FO2/c1-14-8-3-5(12)2-6(9(8)11)7(13)4-10/h2-3H,4H2,1H3. The normalized spacial score (nSPS) is 10.0. The molecule has 0 bridgehead atoms. The number of ketones is 1. The smallest absolute Gasteiger partial charge is 0.179 e. The summed E-state index contributed by atoms with van der Waals surface area (Å²) in [6.45, 7) is 0. The van der Waals surface area contributed by atoms with Gasteiger partial charge in [0.1, 0.15) is 11.6 Å². The molecule has 0 atom stereocenters. The van der Waals surface area contributed by atoms with Gasteiger partial charge in [-0.1, -0.05) is 11.6 Å². The molecule has 0 N–H and O–H groups in total. The molecule has 0 aliphatic heterocycles. The van der Waals surface area contributed by atoms with Gasteiger partial charge in [0.05, 0.1) is 18.0 Å². The lowest BCUT2D eigenvalue weighted by Crippen LogP contribution is -2.03. The minimum atomic E-state index is -0.584. The molecule has 0 saturated carbocycles. The Morgan fingerprint density at radius 1 is 1.57 bits per heavy atom. The zero-order valence-corrected chi connectivity index (χ0v) is 8.82. The molecule has 0 radical (unpaired) electrons. The SMILES string of the molecule is COc1cc(F)cc(C(=O)CCl)c1Cl. The van der Waals surface area contributed by atoms with Gasteiger partial charge < -0.3 is 4.74 Å². The number of rotatable bonds is 3. The third kappa shape index (κ3) is 2.16. The summed E-state index contributed by atoms with van der Waals surface area (Å²) >= 11 is 11.1. The second-order valence-electron chi connectivity index (χ2n) is 2.53. The number of benzene rings is 1. The van der Waals surface area contributed by atoms with Crippen LogP contribution in [0, 0.1) is 5.82 Å². The number of alkyl halides is 1. The summed E-state index contributed by atoms with van der Waals surface area (Å²) in [5, 5.41) is 0.0829. The van der Waals surface area contributed by atoms with Gasteiger partial charge in [0.2, 0.25) is 0 Å². The first-order valence-corrected chi connectivity index (χ1v) is 4.63. The Kier molecular flexibility index (Phi) is 3.72. The van der Waals surface area contributed by atoms with Crippen molar-refractivity contribution in [3.8, 4) is 5.75 Å². The second kappa shape index (κ2) is 4.62. The first kappa shape index (κ1) is 11.3. The second-order valence-corrected chi connectivity index (χ2v) is 3.17. The average Bonchev–Trinajstić information content (AvgIpc) is 2.19. The van der Waals surface area contributed by atoms with Crippen molar-refractivity contribution in [3.05, 3.63) is 28.5 Å². The summed E-state index contributed by atoms with van der Waals surface area (Å²) in [6, 6.07) is 2.14. The Bertz CT molecular complexity index is 366. The van der Waals surface area contributed by atoms with Gasteiger partial charge in [-0.3, -0.25) is 4.79 Å². The number of methoxy groups -OCH3 is 1. The highest BCUT2D eigenvalue weighted by molar-refractivity contribution is 6.38. The van der Waals surface area contributed by atoms with Gasteiger partial charge in [0.15, 0.2) is 5.78 Å². The largest absolute Gasteiger partial charge is 0.495 e. The minimum absolute atomic E-state index is 0.0403. The predicted molar refractivity (Wildman–Crippen MR) is 53.0 cm³/mol. The number of Topliss-reactive ketones (excluding diaryl/α,β-unsaturated/α-hetero) is 1. The summed E-state index contributed by atoms with van der Waals surface area (Å²) in [5.41, 5.74) is 0.0403. The van der Waals surface area contributed by atoms with E-state index in [0.29, 0.717) is 0 Å². The van der Waals surface area contributed by atoms with Crippen LogP contribution in [0.1, 0.15) is 10.4 Å². The highest BCUT2D eigenvalue weighted by Gasteiger charge is 2.15. The highest BCUT2D eigenvalue weighted by atomic mass is 35.5. The van der Waals surface area contributed by atoms with Crippen LogP contribution in [0.2, 0.25) is 5.02 Å². The minimum Gasteiger partial charge on any atom is -0.495 e. The monoisotopic (exact) mass is 236 g/mol.